The van der Waals surface area contributed by atoms with E-state index < -0.39 is 11.6 Å². The van der Waals surface area contributed by atoms with E-state index in [-0.39, 0.29) is 18.3 Å². The number of rotatable bonds is 3. The van der Waals surface area contributed by atoms with Crippen molar-refractivity contribution in [2.24, 2.45) is 0 Å². The van der Waals surface area contributed by atoms with E-state index in [1.165, 1.54) is 28.2 Å². The molecule has 1 unspecified atom stereocenters. The third kappa shape index (κ3) is 2.60. The van der Waals surface area contributed by atoms with Gasteiger partial charge in [0.2, 0.25) is 0 Å². The van der Waals surface area contributed by atoms with Gasteiger partial charge in [-0.25, -0.2) is 9.18 Å². The lowest BCUT2D eigenvalue weighted by molar-refractivity contribution is -0.131. The molecule has 3 amide bonds. The van der Waals surface area contributed by atoms with Crippen molar-refractivity contribution in [1.29, 1.82) is 0 Å². The van der Waals surface area contributed by atoms with Gasteiger partial charge in [-0.05, 0) is 60.6 Å². The summed E-state index contributed by atoms with van der Waals surface area (Å²) in [6, 6.07) is 11.4. The van der Waals surface area contributed by atoms with Crippen LogP contribution in [0.15, 0.2) is 42.5 Å². The summed E-state index contributed by atoms with van der Waals surface area (Å²) in [5.74, 6) is -0.622. The van der Waals surface area contributed by atoms with Crippen LogP contribution in [0.2, 0.25) is 0 Å². The van der Waals surface area contributed by atoms with Gasteiger partial charge in [-0.3, -0.25) is 9.69 Å². The van der Waals surface area contributed by atoms with Crippen molar-refractivity contribution >= 4 is 11.9 Å². The van der Waals surface area contributed by atoms with Gasteiger partial charge in [-0.1, -0.05) is 30.3 Å². The standard InChI is InChI=1S/C20H19FN2O2/c1-20(16-8-7-14-3-2-4-15(14)11-16)18(24)23(19(25)22-20)12-13-5-9-17(21)10-6-13/h5-11H,2-4,12H2,1H3,(H,22,25). The largest absolute Gasteiger partial charge is 0.325 e. The van der Waals surface area contributed by atoms with Gasteiger partial charge in [0.25, 0.3) is 5.91 Å². The number of imide groups is 1. The van der Waals surface area contributed by atoms with Gasteiger partial charge in [0.1, 0.15) is 11.4 Å². The molecule has 128 valence electrons. The van der Waals surface area contributed by atoms with Crippen molar-refractivity contribution in [2.75, 3.05) is 0 Å². The quantitative estimate of drug-likeness (QED) is 0.873. The highest BCUT2D eigenvalue weighted by Gasteiger charge is 2.49. The molecule has 0 bridgehead atoms. The minimum atomic E-state index is -1.06. The lowest BCUT2D eigenvalue weighted by atomic mass is 9.89. The first-order valence-corrected chi connectivity index (χ1v) is 8.48. The predicted molar refractivity (Wildman–Crippen MR) is 91.3 cm³/mol. The molecule has 2 aliphatic rings. The van der Waals surface area contributed by atoms with Gasteiger partial charge in [0.15, 0.2) is 0 Å². The molecule has 1 heterocycles. The summed E-state index contributed by atoms with van der Waals surface area (Å²) in [7, 11) is 0. The second-order valence-corrected chi connectivity index (χ2v) is 6.91. The van der Waals surface area contributed by atoms with Crippen LogP contribution in [0.3, 0.4) is 0 Å². The average molecular weight is 338 g/mol. The van der Waals surface area contributed by atoms with Crippen molar-refractivity contribution in [2.45, 2.75) is 38.3 Å². The smallest absolute Gasteiger partial charge is 0.319 e. The Bertz CT molecular complexity index is 862. The highest BCUT2D eigenvalue weighted by molar-refractivity contribution is 6.07. The highest BCUT2D eigenvalue weighted by Crippen LogP contribution is 2.33. The topological polar surface area (TPSA) is 49.4 Å². The molecule has 2 aromatic carbocycles. The Labute approximate surface area is 145 Å². The van der Waals surface area contributed by atoms with Crippen LogP contribution < -0.4 is 5.32 Å². The van der Waals surface area contributed by atoms with Gasteiger partial charge in [-0.2, -0.15) is 0 Å². The SMILES string of the molecule is CC1(c2ccc3c(c2)CCC3)NC(=O)N(Cc2ccc(F)cc2)C1=O. The second-order valence-electron chi connectivity index (χ2n) is 6.91. The summed E-state index contributed by atoms with van der Waals surface area (Å²) < 4.78 is 13.0. The summed E-state index contributed by atoms with van der Waals surface area (Å²) in [4.78, 5) is 26.6. The van der Waals surface area contributed by atoms with E-state index in [0.717, 1.165) is 24.8 Å². The Kier molecular flexibility index (Phi) is 3.60. The lowest BCUT2D eigenvalue weighted by Crippen LogP contribution is -2.40. The number of nitrogens with one attached hydrogen (secondary N) is 1. The fraction of sp³-hybridized carbons (Fsp3) is 0.300. The molecule has 25 heavy (non-hydrogen) atoms. The number of hydrogen-bond donors (Lipinski definition) is 1. The Morgan fingerprint density at radius 2 is 1.80 bits per heavy atom. The fourth-order valence-electron chi connectivity index (χ4n) is 3.69. The van der Waals surface area contributed by atoms with E-state index in [9.17, 15) is 14.0 Å². The maximum Gasteiger partial charge on any atom is 0.325 e. The third-order valence-corrected chi connectivity index (χ3v) is 5.20. The third-order valence-electron chi connectivity index (χ3n) is 5.20. The maximum absolute atomic E-state index is 13.0. The van der Waals surface area contributed by atoms with E-state index in [4.69, 9.17) is 0 Å². The molecule has 0 saturated carbocycles. The molecule has 4 nitrogen and oxygen atoms in total. The van der Waals surface area contributed by atoms with Gasteiger partial charge >= 0.3 is 6.03 Å². The minimum absolute atomic E-state index is 0.130. The van der Waals surface area contributed by atoms with E-state index in [1.54, 1.807) is 19.1 Å². The molecule has 4 rings (SSSR count). The summed E-state index contributed by atoms with van der Waals surface area (Å²) in [6.45, 7) is 1.88. The number of aryl methyl sites for hydroxylation is 2. The highest BCUT2D eigenvalue weighted by atomic mass is 19.1. The predicted octanol–water partition coefficient (Wildman–Crippen LogP) is 3.28. The number of amides is 3. The van der Waals surface area contributed by atoms with Crippen LogP contribution >= 0.6 is 0 Å². The molecule has 1 N–H and O–H groups in total. The summed E-state index contributed by atoms with van der Waals surface area (Å²) in [6.07, 6.45) is 3.22. The number of fused-ring (bicyclic) bond motifs is 1. The zero-order valence-corrected chi connectivity index (χ0v) is 14.0. The van der Waals surface area contributed by atoms with Crippen molar-refractivity contribution in [1.82, 2.24) is 10.2 Å². The van der Waals surface area contributed by atoms with Gasteiger partial charge in [0, 0.05) is 0 Å². The minimum Gasteiger partial charge on any atom is -0.319 e. The van der Waals surface area contributed by atoms with Crippen molar-refractivity contribution < 1.29 is 14.0 Å². The van der Waals surface area contributed by atoms with Gasteiger partial charge in [-0.15, -0.1) is 0 Å². The van der Waals surface area contributed by atoms with Crippen LogP contribution in [0.5, 0.6) is 0 Å². The van der Waals surface area contributed by atoms with Crippen LogP contribution in [0.4, 0.5) is 9.18 Å². The van der Waals surface area contributed by atoms with Crippen LogP contribution in [0.25, 0.3) is 0 Å². The normalized spacial score (nSPS) is 22.2. The van der Waals surface area contributed by atoms with Crippen LogP contribution in [0.1, 0.15) is 35.6 Å². The van der Waals surface area contributed by atoms with Crippen LogP contribution in [0, 0.1) is 5.82 Å². The number of nitrogens with zero attached hydrogens (tertiary/aromatic N) is 1. The first-order valence-electron chi connectivity index (χ1n) is 8.48. The Balaban J connectivity index is 1.62. The molecule has 1 fully saturated rings. The molecule has 0 aromatic heterocycles. The van der Waals surface area contributed by atoms with Crippen LogP contribution in [-0.2, 0) is 29.7 Å². The van der Waals surface area contributed by atoms with E-state index >= 15 is 0 Å². The Morgan fingerprint density at radius 3 is 2.56 bits per heavy atom. The average Bonchev–Trinajstić information content (AvgIpc) is 3.15. The molecule has 2 aromatic rings. The molecule has 1 aliphatic heterocycles. The number of carbonyl (C=O) groups is 2. The second kappa shape index (κ2) is 5.69. The monoisotopic (exact) mass is 338 g/mol. The molecule has 5 heteroatoms. The summed E-state index contributed by atoms with van der Waals surface area (Å²) >= 11 is 0. The van der Waals surface area contributed by atoms with E-state index in [2.05, 4.69) is 11.4 Å². The first-order chi connectivity index (χ1) is 12.0. The number of hydrogen-bond acceptors (Lipinski definition) is 2. The van der Waals surface area contributed by atoms with Gasteiger partial charge < -0.3 is 5.32 Å². The Hall–Kier alpha value is -2.69. The molecule has 1 aliphatic carbocycles. The molecule has 0 spiro atoms. The summed E-state index contributed by atoms with van der Waals surface area (Å²) in [5.41, 5.74) is 3.05. The lowest BCUT2D eigenvalue weighted by Gasteiger charge is -2.23. The molecular weight excluding hydrogens is 319 g/mol. The van der Waals surface area contributed by atoms with E-state index in [0.29, 0.717) is 5.56 Å². The van der Waals surface area contributed by atoms with Crippen LogP contribution in [-0.4, -0.2) is 16.8 Å². The van der Waals surface area contributed by atoms with Crippen molar-refractivity contribution in [3.05, 3.63) is 70.5 Å². The van der Waals surface area contributed by atoms with E-state index in [1.807, 2.05) is 12.1 Å². The maximum atomic E-state index is 13.0. The molecular formula is C20H19FN2O2. The zero-order valence-electron chi connectivity index (χ0n) is 14.0. The molecule has 1 atom stereocenters. The fourth-order valence-corrected chi connectivity index (χ4v) is 3.69. The number of urea groups is 1. The number of carbonyl (C=O) groups excluding carboxylic acids is 2. The molecule has 1 saturated heterocycles. The Morgan fingerprint density at radius 1 is 1.08 bits per heavy atom. The van der Waals surface area contributed by atoms with Crippen molar-refractivity contribution in [3.8, 4) is 0 Å². The van der Waals surface area contributed by atoms with Crippen molar-refractivity contribution in [3.63, 3.8) is 0 Å². The first kappa shape index (κ1) is 15.8. The zero-order chi connectivity index (χ0) is 17.6. The molecule has 0 radical (unpaired) electrons. The summed E-state index contributed by atoms with van der Waals surface area (Å²) in [5, 5.41) is 2.83. The van der Waals surface area contributed by atoms with Gasteiger partial charge in [0.05, 0.1) is 6.54 Å². The number of benzene rings is 2. The number of halogens is 1.